The molecule has 0 aliphatic heterocycles. The van der Waals surface area contributed by atoms with Crippen molar-refractivity contribution in [3.63, 3.8) is 0 Å². The summed E-state index contributed by atoms with van der Waals surface area (Å²) in [4.78, 5) is 23.3. The van der Waals surface area contributed by atoms with Crippen LogP contribution < -0.4 is 5.32 Å². The molecule has 0 saturated carbocycles. The van der Waals surface area contributed by atoms with Gasteiger partial charge >= 0.3 is 12.1 Å². The molecule has 22 heavy (non-hydrogen) atoms. The highest BCUT2D eigenvalue weighted by Gasteiger charge is 2.19. The van der Waals surface area contributed by atoms with Crippen molar-refractivity contribution in [2.45, 2.75) is 59.6 Å². The lowest BCUT2D eigenvalue weighted by molar-refractivity contribution is -0.147. The van der Waals surface area contributed by atoms with Crippen molar-refractivity contribution in [2.75, 3.05) is 13.2 Å². The molecule has 0 aromatic rings. The summed E-state index contributed by atoms with van der Waals surface area (Å²) in [6, 6.07) is -0.552. The van der Waals surface area contributed by atoms with E-state index in [2.05, 4.69) is 5.32 Å². The average Bonchev–Trinajstić information content (AvgIpc) is 2.35. The number of alkyl carbamates (subject to hydrolysis) is 1. The van der Waals surface area contributed by atoms with Gasteiger partial charge in [0.1, 0.15) is 5.60 Å². The molecule has 0 aromatic heterocycles. The van der Waals surface area contributed by atoms with Crippen molar-refractivity contribution < 1.29 is 24.2 Å². The molecule has 0 unspecified atom stereocenters. The number of carbonyl (C=O) groups is 2. The lowest BCUT2D eigenvalue weighted by Crippen LogP contribution is -2.40. The van der Waals surface area contributed by atoms with Crippen LogP contribution in [0.4, 0.5) is 4.79 Å². The first-order chi connectivity index (χ1) is 10.1. The third-order valence-corrected chi connectivity index (χ3v) is 2.70. The van der Waals surface area contributed by atoms with E-state index in [0.717, 1.165) is 5.57 Å². The number of hydrogen-bond acceptors (Lipinski definition) is 5. The standard InChI is InChI=1S/C16H29NO5/c1-7-21-14(19)12(3)8-11(2)9-13(10-18)17-15(20)22-16(4,5)6/h9,12-13,18H,7-8,10H2,1-6H3,(H,17,20)/b11-9+/t12-,13+/m0/s1. The van der Waals surface area contributed by atoms with Gasteiger partial charge < -0.3 is 19.9 Å². The maximum absolute atomic E-state index is 11.7. The summed E-state index contributed by atoms with van der Waals surface area (Å²) in [6.07, 6.45) is 1.64. The molecule has 1 amide bonds. The molecule has 128 valence electrons. The second-order valence-corrected chi connectivity index (χ2v) is 6.31. The first-order valence-electron chi connectivity index (χ1n) is 7.53. The Bertz CT molecular complexity index is 398. The summed E-state index contributed by atoms with van der Waals surface area (Å²) in [7, 11) is 0. The molecule has 0 aliphatic rings. The predicted octanol–water partition coefficient (Wildman–Crippen LogP) is 2.41. The van der Waals surface area contributed by atoms with Gasteiger partial charge in [-0.3, -0.25) is 4.79 Å². The smallest absolute Gasteiger partial charge is 0.408 e. The maximum atomic E-state index is 11.7. The number of ether oxygens (including phenoxy) is 2. The zero-order valence-electron chi connectivity index (χ0n) is 14.4. The molecular formula is C16H29NO5. The molecule has 0 heterocycles. The molecule has 0 aliphatic carbocycles. The summed E-state index contributed by atoms with van der Waals surface area (Å²) in [5.74, 6) is -0.520. The van der Waals surface area contributed by atoms with Crippen LogP contribution in [-0.2, 0) is 14.3 Å². The molecular weight excluding hydrogens is 286 g/mol. The molecule has 0 aromatic carbocycles. The minimum absolute atomic E-state index is 0.246. The molecule has 2 atom stereocenters. The fourth-order valence-electron chi connectivity index (χ4n) is 1.86. The van der Waals surface area contributed by atoms with Gasteiger partial charge in [0.15, 0.2) is 0 Å². The Morgan fingerprint density at radius 2 is 1.91 bits per heavy atom. The highest BCUT2D eigenvalue weighted by atomic mass is 16.6. The number of nitrogens with one attached hydrogen (secondary N) is 1. The Labute approximate surface area is 132 Å². The lowest BCUT2D eigenvalue weighted by atomic mass is 10.0. The highest BCUT2D eigenvalue weighted by molar-refractivity contribution is 5.72. The van der Waals surface area contributed by atoms with E-state index in [1.165, 1.54) is 0 Å². The predicted molar refractivity (Wildman–Crippen MR) is 84.4 cm³/mol. The van der Waals surface area contributed by atoms with Gasteiger partial charge in [-0.15, -0.1) is 0 Å². The van der Waals surface area contributed by atoms with Crippen LogP contribution in [0.25, 0.3) is 0 Å². The van der Waals surface area contributed by atoms with Crippen LogP contribution in [0.15, 0.2) is 11.6 Å². The number of rotatable bonds is 7. The van der Waals surface area contributed by atoms with Gasteiger partial charge in [0.25, 0.3) is 0 Å². The molecule has 6 heteroatoms. The molecule has 0 rings (SSSR count). The zero-order valence-corrected chi connectivity index (χ0v) is 14.4. The fraction of sp³-hybridized carbons (Fsp3) is 0.750. The first-order valence-corrected chi connectivity index (χ1v) is 7.53. The van der Waals surface area contributed by atoms with E-state index in [0.29, 0.717) is 13.0 Å². The van der Waals surface area contributed by atoms with Gasteiger partial charge in [-0.2, -0.15) is 0 Å². The Balaban J connectivity index is 4.56. The van der Waals surface area contributed by atoms with Crippen molar-refractivity contribution in [1.29, 1.82) is 0 Å². The van der Waals surface area contributed by atoms with Gasteiger partial charge in [0, 0.05) is 0 Å². The molecule has 2 N–H and O–H groups in total. The minimum atomic E-state index is -0.596. The van der Waals surface area contributed by atoms with Gasteiger partial charge in [-0.05, 0) is 41.0 Å². The average molecular weight is 315 g/mol. The molecule has 0 bridgehead atoms. The number of amides is 1. The van der Waals surface area contributed by atoms with E-state index < -0.39 is 17.7 Å². The monoisotopic (exact) mass is 315 g/mol. The van der Waals surface area contributed by atoms with Crippen molar-refractivity contribution in [3.05, 3.63) is 11.6 Å². The summed E-state index contributed by atoms with van der Waals surface area (Å²) >= 11 is 0. The topological polar surface area (TPSA) is 84.9 Å². The van der Waals surface area contributed by atoms with Crippen LogP contribution >= 0.6 is 0 Å². The Kier molecular flexibility index (Phi) is 8.79. The quantitative estimate of drug-likeness (QED) is 0.556. The number of esters is 1. The van der Waals surface area contributed by atoms with Crippen molar-refractivity contribution in [2.24, 2.45) is 5.92 Å². The van der Waals surface area contributed by atoms with Crippen molar-refractivity contribution in [3.8, 4) is 0 Å². The van der Waals surface area contributed by atoms with Crippen LogP contribution in [0.2, 0.25) is 0 Å². The Hall–Kier alpha value is -1.56. The van der Waals surface area contributed by atoms with E-state index in [-0.39, 0.29) is 18.5 Å². The van der Waals surface area contributed by atoms with Gasteiger partial charge in [-0.1, -0.05) is 18.6 Å². The number of aliphatic hydroxyl groups excluding tert-OH is 1. The number of hydrogen-bond donors (Lipinski definition) is 2. The van der Waals surface area contributed by atoms with E-state index in [9.17, 15) is 14.7 Å². The van der Waals surface area contributed by atoms with Gasteiger partial charge in [-0.25, -0.2) is 4.79 Å². The second-order valence-electron chi connectivity index (χ2n) is 6.31. The third kappa shape index (κ3) is 9.39. The van der Waals surface area contributed by atoms with E-state index >= 15 is 0 Å². The van der Waals surface area contributed by atoms with Crippen molar-refractivity contribution in [1.82, 2.24) is 5.32 Å². The molecule has 0 fully saturated rings. The third-order valence-electron chi connectivity index (χ3n) is 2.70. The molecule has 0 spiro atoms. The van der Waals surface area contributed by atoms with Gasteiger partial charge in [0.05, 0.1) is 25.2 Å². The fourth-order valence-corrected chi connectivity index (χ4v) is 1.86. The molecule has 0 saturated heterocycles. The number of aliphatic hydroxyl groups is 1. The molecule has 6 nitrogen and oxygen atoms in total. The molecule has 0 radical (unpaired) electrons. The summed E-state index contributed by atoms with van der Waals surface area (Å²) in [5.41, 5.74) is 0.289. The first kappa shape index (κ1) is 20.4. The Morgan fingerprint density at radius 3 is 2.36 bits per heavy atom. The van der Waals surface area contributed by atoms with Crippen molar-refractivity contribution >= 4 is 12.1 Å². The van der Waals surface area contributed by atoms with E-state index in [1.54, 1.807) is 40.7 Å². The number of carbonyl (C=O) groups excluding carboxylic acids is 2. The van der Waals surface area contributed by atoms with Crippen LogP contribution in [0.5, 0.6) is 0 Å². The minimum Gasteiger partial charge on any atom is -0.466 e. The van der Waals surface area contributed by atoms with E-state index in [1.807, 2.05) is 6.92 Å². The SMILES string of the molecule is CCOC(=O)[C@@H](C)C/C(C)=C/[C@H](CO)NC(=O)OC(C)(C)C. The normalized spacial score (nSPS) is 15.0. The summed E-state index contributed by atoms with van der Waals surface area (Å²) < 4.78 is 10.1. The largest absolute Gasteiger partial charge is 0.466 e. The van der Waals surface area contributed by atoms with E-state index in [4.69, 9.17) is 9.47 Å². The van der Waals surface area contributed by atoms with Crippen LogP contribution in [0.3, 0.4) is 0 Å². The number of allylic oxidation sites excluding steroid dienone is 1. The second kappa shape index (κ2) is 9.46. The summed E-state index contributed by atoms with van der Waals surface area (Å²) in [6.45, 7) is 10.8. The highest BCUT2D eigenvalue weighted by Crippen LogP contribution is 2.13. The maximum Gasteiger partial charge on any atom is 0.408 e. The van der Waals surface area contributed by atoms with Crippen LogP contribution in [-0.4, -0.2) is 42.0 Å². The van der Waals surface area contributed by atoms with Crippen LogP contribution in [0, 0.1) is 5.92 Å². The summed E-state index contributed by atoms with van der Waals surface area (Å²) in [5, 5.41) is 11.9. The Morgan fingerprint density at radius 1 is 1.32 bits per heavy atom. The zero-order chi connectivity index (χ0) is 17.3. The van der Waals surface area contributed by atoms with Crippen LogP contribution in [0.1, 0.15) is 48.0 Å². The van der Waals surface area contributed by atoms with Gasteiger partial charge in [0.2, 0.25) is 0 Å². The lowest BCUT2D eigenvalue weighted by Gasteiger charge is -2.22.